The molecule has 0 spiro atoms. The number of nitrogens with zero attached hydrogens (tertiary/aromatic N) is 3. The molecule has 1 aliphatic heterocycles. The number of para-hydroxylation sites is 3. The SMILES string of the molecule is COc1ccccc1CNC(=O)CCn1c(=O)c(N2CCCC2)nc2ccccc21. The van der Waals surface area contributed by atoms with Crippen LogP contribution in [-0.2, 0) is 17.9 Å². The second-order valence-corrected chi connectivity index (χ2v) is 7.41. The summed E-state index contributed by atoms with van der Waals surface area (Å²) in [6.45, 7) is 2.38. The standard InChI is InChI=1S/C23H26N4O3/c1-30-20-11-5-2-8-17(20)16-24-21(28)12-15-27-19-10-4-3-9-18(19)25-22(23(27)29)26-13-6-7-14-26/h2-5,8-11H,6-7,12-16H2,1H3,(H,24,28). The summed E-state index contributed by atoms with van der Waals surface area (Å²) in [5, 5.41) is 2.92. The van der Waals surface area contributed by atoms with Gasteiger partial charge in [0.2, 0.25) is 5.91 Å². The molecule has 1 aromatic heterocycles. The molecule has 2 aromatic carbocycles. The van der Waals surface area contributed by atoms with Crippen molar-refractivity contribution in [3.8, 4) is 5.75 Å². The molecule has 0 bridgehead atoms. The minimum atomic E-state index is -0.131. The number of carbonyl (C=O) groups is 1. The van der Waals surface area contributed by atoms with Gasteiger partial charge in [-0.15, -0.1) is 0 Å². The summed E-state index contributed by atoms with van der Waals surface area (Å²) in [7, 11) is 1.61. The van der Waals surface area contributed by atoms with E-state index in [2.05, 4.69) is 10.3 Å². The smallest absolute Gasteiger partial charge is 0.294 e. The summed E-state index contributed by atoms with van der Waals surface area (Å²) in [5.41, 5.74) is 2.31. The van der Waals surface area contributed by atoms with E-state index in [1.54, 1.807) is 11.7 Å². The molecule has 0 atom stereocenters. The Morgan fingerprint density at radius 3 is 2.63 bits per heavy atom. The van der Waals surface area contributed by atoms with Gasteiger partial charge in [-0.05, 0) is 31.0 Å². The average molecular weight is 406 g/mol. The van der Waals surface area contributed by atoms with E-state index in [4.69, 9.17) is 4.74 Å². The van der Waals surface area contributed by atoms with Gasteiger partial charge >= 0.3 is 0 Å². The van der Waals surface area contributed by atoms with Crippen molar-refractivity contribution >= 4 is 22.8 Å². The highest BCUT2D eigenvalue weighted by molar-refractivity contribution is 5.78. The molecule has 1 amide bonds. The molecule has 1 N–H and O–H groups in total. The van der Waals surface area contributed by atoms with Crippen LogP contribution in [0.3, 0.4) is 0 Å². The molecule has 1 saturated heterocycles. The second kappa shape index (κ2) is 8.98. The fourth-order valence-electron chi connectivity index (χ4n) is 3.88. The lowest BCUT2D eigenvalue weighted by Crippen LogP contribution is -2.33. The van der Waals surface area contributed by atoms with Gasteiger partial charge in [0.25, 0.3) is 5.56 Å². The van der Waals surface area contributed by atoms with E-state index < -0.39 is 0 Å². The molecule has 30 heavy (non-hydrogen) atoms. The molecule has 1 aliphatic rings. The zero-order valence-electron chi connectivity index (χ0n) is 17.1. The van der Waals surface area contributed by atoms with Crippen molar-refractivity contribution in [2.24, 2.45) is 0 Å². The predicted octanol–water partition coefficient (Wildman–Crippen LogP) is 2.71. The highest BCUT2D eigenvalue weighted by Gasteiger charge is 2.20. The molecular formula is C23H26N4O3. The zero-order chi connectivity index (χ0) is 20.9. The average Bonchev–Trinajstić information content (AvgIpc) is 3.31. The van der Waals surface area contributed by atoms with Gasteiger partial charge in [-0.3, -0.25) is 9.59 Å². The van der Waals surface area contributed by atoms with E-state index >= 15 is 0 Å². The van der Waals surface area contributed by atoms with E-state index in [1.165, 1.54) is 0 Å². The van der Waals surface area contributed by atoms with Gasteiger partial charge in [-0.2, -0.15) is 0 Å². The molecule has 2 heterocycles. The Morgan fingerprint density at radius 2 is 1.83 bits per heavy atom. The first-order valence-corrected chi connectivity index (χ1v) is 10.3. The van der Waals surface area contributed by atoms with E-state index in [0.717, 1.165) is 48.3 Å². The maximum atomic E-state index is 13.2. The number of fused-ring (bicyclic) bond motifs is 1. The predicted molar refractivity (Wildman–Crippen MR) is 117 cm³/mol. The summed E-state index contributed by atoms with van der Waals surface area (Å²) in [6.07, 6.45) is 2.35. The van der Waals surface area contributed by atoms with Crippen LogP contribution in [0.2, 0.25) is 0 Å². The fourth-order valence-corrected chi connectivity index (χ4v) is 3.88. The van der Waals surface area contributed by atoms with Gasteiger partial charge in [-0.1, -0.05) is 30.3 Å². The van der Waals surface area contributed by atoms with Crippen LogP contribution in [0.5, 0.6) is 5.75 Å². The first-order valence-electron chi connectivity index (χ1n) is 10.3. The summed E-state index contributed by atoms with van der Waals surface area (Å²) in [6, 6.07) is 15.2. The van der Waals surface area contributed by atoms with Crippen LogP contribution in [0.1, 0.15) is 24.8 Å². The van der Waals surface area contributed by atoms with Crippen molar-refractivity contribution in [1.82, 2.24) is 14.9 Å². The maximum Gasteiger partial charge on any atom is 0.294 e. The molecule has 0 saturated carbocycles. The van der Waals surface area contributed by atoms with Crippen LogP contribution in [-0.4, -0.2) is 35.7 Å². The normalized spacial score (nSPS) is 13.6. The number of ether oxygens (including phenoxy) is 1. The number of carbonyl (C=O) groups excluding carboxylic acids is 1. The van der Waals surface area contributed by atoms with Crippen LogP contribution in [0.4, 0.5) is 5.82 Å². The third-order valence-corrected chi connectivity index (χ3v) is 5.47. The van der Waals surface area contributed by atoms with Crippen molar-refractivity contribution in [2.45, 2.75) is 32.4 Å². The molecule has 3 aromatic rings. The van der Waals surface area contributed by atoms with E-state index in [1.807, 2.05) is 53.4 Å². The van der Waals surface area contributed by atoms with Crippen molar-refractivity contribution in [3.05, 3.63) is 64.4 Å². The van der Waals surface area contributed by atoms with Gasteiger partial charge in [0.05, 0.1) is 18.1 Å². The summed E-state index contributed by atoms with van der Waals surface area (Å²) < 4.78 is 7.00. The van der Waals surface area contributed by atoms with E-state index in [0.29, 0.717) is 18.9 Å². The molecule has 156 valence electrons. The Hall–Kier alpha value is -3.35. The fraction of sp³-hybridized carbons (Fsp3) is 0.348. The van der Waals surface area contributed by atoms with Crippen LogP contribution >= 0.6 is 0 Å². The quantitative estimate of drug-likeness (QED) is 0.653. The summed E-state index contributed by atoms with van der Waals surface area (Å²) in [5.74, 6) is 1.11. The van der Waals surface area contributed by atoms with Crippen LogP contribution in [0.25, 0.3) is 11.0 Å². The third-order valence-electron chi connectivity index (χ3n) is 5.47. The van der Waals surface area contributed by atoms with Gasteiger partial charge in [-0.25, -0.2) is 4.98 Å². The van der Waals surface area contributed by atoms with Crippen molar-refractivity contribution in [3.63, 3.8) is 0 Å². The third kappa shape index (κ3) is 4.15. The molecule has 1 fully saturated rings. The van der Waals surface area contributed by atoms with Gasteiger partial charge in [0.15, 0.2) is 5.82 Å². The number of hydrogen-bond acceptors (Lipinski definition) is 5. The number of anilines is 1. The molecule has 0 aliphatic carbocycles. The summed E-state index contributed by atoms with van der Waals surface area (Å²) >= 11 is 0. The molecule has 7 nitrogen and oxygen atoms in total. The van der Waals surface area contributed by atoms with Crippen molar-refractivity contribution in [1.29, 1.82) is 0 Å². The molecular weight excluding hydrogens is 380 g/mol. The van der Waals surface area contributed by atoms with Crippen LogP contribution < -0.4 is 20.5 Å². The monoisotopic (exact) mass is 406 g/mol. The van der Waals surface area contributed by atoms with Crippen LogP contribution in [0, 0.1) is 0 Å². The van der Waals surface area contributed by atoms with E-state index in [9.17, 15) is 9.59 Å². The van der Waals surface area contributed by atoms with E-state index in [-0.39, 0.29) is 17.9 Å². The number of hydrogen-bond donors (Lipinski definition) is 1. The number of rotatable bonds is 7. The molecule has 0 unspecified atom stereocenters. The number of amides is 1. The first-order chi connectivity index (χ1) is 14.7. The summed E-state index contributed by atoms with van der Waals surface area (Å²) in [4.78, 5) is 32.3. The minimum Gasteiger partial charge on any atom is -0.496 e. The first kappa shape index (κ1) is 19.9. The highest BCUT2D eigenvalue weighted by atomic mass is 16.5. The highest BCUT2D eigenvalue weighted by Crippen LogP contribution is 2.19. The minimum absolute atomic E-state index is 0.114. The Labute approximate surface area is 175 Å². The van der Waals surface area contributed by atoms with Crippen molar-refractivity contribution in [2.75, 3.05) is 25.1 Å². The van der Waals surface area contributed by atoms with Gasteiger partial charge < -0.3 is 19.5 Å². The number of nitrogens with one attached hydrogen (secondary N) is 1. The zero-order valence-corrected chi connectivity index (χ0v) is 17.1. The van der Waals surface area contributed by atoms with Crippen molar-refractivity contribution < 1.29 is 9.53 Å². The molecule has 0 radical (unpaired) electrons. The Kier molecular flexibility index (Phi) is 5.97. The lowest BCUT2D eigenvalue weighted by atomic mass is 10.2. The number of benzene rings is 2. The van der Waals surface area contributed by atoms with Crippen LogP contribution in [0.15, 0.2) is 53.3 Å². The van der Waals surface area contributed by atoms with Gasteiger partial charge in [0, 0.05) is 38.2 Å². The number of aromatic nitrogens is 2. The maximum absolute atomic E-state index is 13.2. The number of aryl methyl sites for hydroxylation is 1. The van der Waals surface area contributed by atoms with Gasteiger partial charge in [0.1, 0.15) is 5.75 Å². The molecule has 4 rings (SSSR count). The topological polar surface area (TPSA) is 76.5 Å². The lowest BCUT2D eigenvalue weighted by Gasteiger charge is -2.19. The Morgan fingerprint density at radius 1 is 1.10 bits per heavy atom. The largest absolute Gasteiger partial charge is 0.496 e. The lowest BCUT2D eigenvalue weighted by molar-refractivity contribution is -0.121. The molecule has 7 heteroatoms. The Bertz CT molecular complexity index is 1100. The Balaban J connectivity index is 1.51. The second-order valence-electron chi connectivity index (χ2n) is 7.41. The number of methoxy groups -OCH3 is 1.